The molecule has 2 N–H and O–H groups in total. The Bertz CT molecular complexity index is 764. The van der Waals surface area contributed by atoms with Crippen molar-refractivity contribution >= 4 is 27.5 Å². The molecule has 1 fully saturated rings. The number of benzene rings is 1. The number of nitrogens with zero attached hydrogens (tertiary/aromatic N) is 1. The molecule has 9 heteroatoms. The average Bonchev–Trinajstić information content (AvgIpc) is 2.93. The van der Waals surface area contributed by atoms with E-state index in [9.17, 15) is 22.4 Å². The topological polar surface area (TPSA) is 95.6 Å². The maximum atomic E-state index is 13.3. The fraction of sp³-hybridized carbons (Fsp3) is 0.333. The van der Waals surface area contributed by atoms with Gasteiger partial charge in [-0.25, -0.2) is 17.5 Å². The summed E-state index contributed by atoms with van der Waals surface area (Å²) in [5, 5.41) is 3.50. The average molecular weight is 355 g/mol. The minimum atomic E-state index is -3.47. The third-order valence-corrected chi connectivity index (χ3v) is 4.69. The van der Waals surface area contributed by atoms with Crippen LogP contribution in [0.25, 0.3) is 0 Å². The predicted molar refractivity (Wildman–Crippen MR) is 87.0 cm³/mol. The van der Waals surface area contributed by atoms with Crippen LogP contribution in [0.4, 0.5) is 10.1 Å². The SMILES string of the molecule is CNS(=O)(=O)/C=C/CNC(=O)[C@H]1CC(=O)N(c2cccc(F)c2)C1. The number of rotatable bonds is 6. The highest BCUT2D eigenvalue weighted by molar-refractivity contribution is 7.92. The third-order valence-electron chi connectivity index (χ3n) is 3.57. The first-order valence-electron chi connectivity index (χ1n) is 7.26. The molecule has 1 aromatic rings. The summed E-state index contributed by atoms with van der Waals surface area (Å²) in [6, 6.07) is 5.62. The number of hydrogen-bond acceptors (Lipinski definition) is 4. The van der Waals surface area contributed by atoms with Gasteiger partial charge in [-0.3, -0.25) is 9.59 Å². The van der Waals surface area contributed by atoms with Gasteiger partial charge in [-0.2, -0.15) is 0 Å². The fourth-order valence-electron chi connectivity index (χ4n) is 2.32. The lowest BCUT2D eigenvalue weighted by Crippen LogP contribution is -2.33. The molecule has 130 valence electrons. The van der Waals surface area contributed by atoms with Gasteiger partial charge in [0.2, 0.25) is 21.8 Å². The molecule has 0 aromatic heterocycles. The van der Waals surface area contributed by atoms with E-state index in [4.69, 9.17) is 0 Å². The van der Waals surface area contributed by atoms with E-state index in [-0.39, 0.29) is 31.3 Å². The Balaban J connectivity index is 1.92. The number of carbonyl (C=O) groups excluding carboxylic acids is 2. The van der Waals surface area contributed by atoms with Crippen LogP contribution < -0.4 is 14.9 Å². The molecule has 1 saturated heterocycles. The molecule has 0 radical (unpaired) electrons. The second-order valence-corrected chi connectivity index (χ2v) is 7.02. The van der Waals surface area contributed by atoms with Crippen molar-refractivity contribution in [3.8, 4) is 0 Å². The van der Waals surface area contributed by atoms with Crippen LogP contribution in [0.5, 0.6) is 0 Å². The number of amides is 2. The number of halogens is 1. The van der Waals surface area contributed by atoms with Crippen LogP contribution in [-0.4, -0.2) is 40.4 Å². The van der Waals surface area contributed by atoms with Gasteiger partial charge in [-0.15, -0.1) is 0 Å². The summed E-state index contributed by atoms with van der Waals surface area (Å²) in [7, 11) is -2.19. The monoisotopic (exact) mass is 355 g/mol. The first kappa shape index (κ1) is 18.1. The van der Waals surface area contributed by atoms with Crippen molar-refractivity contribution in [1.29, 1.82) is 0 Å². The van der Waals surface area contributed by atoms with Gasteiger partial charge in [0.05, 0.1) is 5.92 Å². The summed E-state index contributed by atoms with van der Waals surface area (Å²) in [6.07, 6.45) is 1.33. The summed E-state index contributed by atoms with van der Waals surface area (Å²) in [5.41, 5.74) is 0.412. The van der Waals surface area contributed by atoms with E-state index in [0.29, 0.717) is 5.69 Å². The lowest BCUT2D eigenvalue weighted by atomic mass is 10.1. The molecule has 0 bridgehead atoms. The van der Waals surface area contributed by atoms with E-state index in [1.165, 1.54) is 36.2 Å². The van der Waals surface area contributed by atoms with Gasteiger partial charge in [0.1, 0.15) is 5.82 Å². The lowest BCUT2D eigenvalue weighted by Gasteiger charge is -2.16. The fourth-order valence-corrected chi connectivity index (χ4v) is 2.81. The number of carbonyl (C=O) groups is 2. The highest BCUT2D eigenvalue weighted by Crippen LogP contribution is 2.25. The van der Waals surface area contributed by atoms with Gasteiger partial charge >= 0.3 is 0 Å². The Morgan fingerprint density at radius 2 is 2.21 bits per heavy atom. The third kappa shape index (κ3) is 4.62. The van der Waals surface area contributed by atoms with Crippen LogP contribution in [0.15, 0.2) is 35.7 Å². The Hall–Kier alpha value is -2.26. The highest BCUT2D eigenvalue weighted by Gasteiger charge is 2.34. The van der Waals surface area contributed by atoms with Crippen molar-refractivity contribution < 1.29 is 22.4 Å². The first-order chi connectivity index (χ1) is 11.3. The number of anilines is 1. The largest absolute Gasteiger partial charge is 0.352 e. The van der Waals surface area contributed by atoms with Gasteiger partial charge < -0.3 is 10.2 Å². The van der Waals surface area contributed by atoms with Gasteiger partial charge in [0.15, 0.2) is 0 Å². The minimum Gasteiger partial charge on any atom is -0.352 e. The van der Waals surface area contributed by atoms with Gasteiger partial charge in [-0.1, -0.05) is 12.1 Å². The zero-order chi connectivity index (χ0) is 17.7. The molecule has 1 aromatic carbocycles. The maximum Gasteiger partial charge on any atom is 0.233 e. The molecule has 0 saturated carbocycles. The van der Waals surface area contributed by atoms with Crippen molar-refractivity contribution in [3.63, 3.8) is 0 Å². The van der Waals surface area contributed by atoms with Crippen molar-refractivity contribution in [2.75, 3.05) is 25.0 Å². The maximum absolute atomic E-state index is 13.3. The normalized spacial score (nSPS) is 18.3. The van der Waals surface area contributed by atoms with Gasteiger partial charge in [-0.05, 0) is 25.2 Å². The Morgan fingerprint density at radius 1 is 1.46 bits per heavy atom. The predicted octanol–water partition coefficient (Wildman–Crippen LogP) is 0.358. The molecule has 1 aliphatic rings. The molecule has 1 heterocycles. The summed E-state index contributed by atoms with van der Waals surface area (Å²) in [5.74, 6) is -1.62. The molecule has 7 nitrogen and oxygen atoms in total. The molecule has 2 amide bonds. The van der Waals surface area contributed by atoms with Crippen LogP contribution in [0.2, 0.25) is 0 Å². The Kier molecular flexibility index (Phi) is 5.68. The standard InChI is InChI=1S/C15H18FN3O4S/c1-17-24(22,23)7-3-6-18-15(21)11-8-14(20)19(10-11)13-5-2-4-12(16)9-13/h2-5,7,9,11,17H,6,8,10H2,1H3,(H,18,21)/b7-3+/t11-/m0/s1. The van der Waals surface area contributed by atoms with E-state index in [2.05, 4.69) is 10.0 Å². The van der Waals surface area contributed by atoms with Crippen LogP contribution >= 0.6 is 0 Å². The second-order valence-electron chi connectivity index (χ2n) is 5.25. The number of sulfonamides is 1. The van der Waals surface area contributed by atoms with Crippen molar-refractivity contribution in [2.45, 2.75) is 6.42 Å². The summed E-state index contributed by atoms with van der Waals surface area (Å²) in [6.45, 7) is 0.192. The Labute approximate surface area is 139 Å². The Morgan fingerprint density at radius 3 is 2.88 bits per heavy atom. The lowest BCUT2D eigenvalue weighted by molar-refractivity contribution is -0.126. The van der Waals surface area contributed by atoms with Gasteiger partial charge in [0.25, 0.3) is 0 Å². The molecule has 0 spiro atoms. The zero-order valence-corrected chi connectivity index (χ0v) is 13.8. The summed E-state index contributed by atoms with van der Waals surface area (Å²) in [4.78, 5) is 25.5. The molecule has 0 unspecified atom stereocenters. The first-order valence-corrected chi connectivity index (χ1v) is 8.81. The summed E-state index contributed by atoms with van der Waals surface area (Å²) < 4.78 is 37.7. The van der Waals surface area contributed by atoms with E-state index in [1.807, 2.05) is 0 Å². The van der Waals surface area contributed by atoms with Crippen molar-refractivity contribution in [1.82, 2.24) is 10.0 Å². The number of nitrogens with one attached hydrogen (secondary N) is 2. The minimum absolute atomic E-state index is 0.0286. The van der Waals surface area contributed by atoms with E-state index in [0.717, 1.165) is 5.41 Å². The molecule has 24 heavy (non-hydrogen) atoms. The molecule has 2 rings (SSSR count). The van der Waals surface area contributed by atoms with Crippen molar-refractivity contribution in [2.24, 2.45) is 5.92 Å². The number of hydrogen-bond donors (Lipinski definition) is 2. The van der Waals surface area contributed by atoms with Crippen molar-refractivity contribution in [3.05, 3.63) is 41.6 Å². The molecule has 1 atom stereocenters. The van der Waals surface area contributed by atoms with Crippen LogP contribution in [0.1, 0.15) is 6.42 Å². The van der Waals surface area contributed by atoms with Crippen LogP contribution in [0, 0.1) is 11.7 Å². The van der Waals surface area contributed by atoms with E-state index in [1.54, 1.807) is 6.07 Å². The molecular formula is C15H18FN3O4S. The van der Waals surface area contributed by atoms with E-state index < -0.39 is 21.8 Å². The summed E-state index contributed by atoms with van der Waals surface area (Å²) >= 11 is 0. The molecular weight excluding hydrogens is 337 g/mol. The van der Waals surface area contributed by atoms with Gasteiger partial charge in [0, 0.05) is 30.6 Å². The molecule has 1 aliphatic heterocycles. The highest BCUT2D eigenvalue weighted by atomic mass is 32.2. The zero-order valence-electron chi connectivity index (χ0n) is 13.0. The molecule has 0 aliphatic carbocycles. The van der Waals surface area contributed by atoms with Crippen LogP contribution in [0.3, 0.4) is 0 Å². The smallest absolute Gasteiger partial charge is 0.233 e. The second kappa shape index (κ2) is 7.54. The quantitative estimate of drug-likeness (QED) is 0.770. The van der Waals surface area contributed by atoms with E-state index >= 15 is 0 Å². The van der Waals surface area contributed by atoms with Crippen LogP contribution in [-0.2, 0) is 19.6 Å².